The van der Waals surface area contributed by atoms with Crippen molar-refractivity contribution in [2.24, 2.45) is 0 Å². The molecule has 2 aromatic carbocycles. The van der Waals surface area contributed by atoms with Crippen molar-refractivity contribution in [1.29, 1.82) is 0 Å². The summed E-state index contributed by atoms with van der Waals surface area (Å²) < 4.78 is 25.3. The minimum absolute atomic E-state index is 0.168. The van der Waals surface area contributed by atoms with Gasteiger partial charge in [0.1, 0.15) is 18.3 Å². The van der Waals surface area contributed by atoms with Crippen LogP contribution in [0.4, 0.5) is 0 Å². The molecular weight excluding hydrogens is 390 g/mol. The summed E-state index contributed by atoms with van der Waals surface area (Å²) in [6.07, 6.45) is 2.38. The summed E-state index contributed by atoms with van der Waals surface area (Å²) in [4.78, 5) is 0. The molecule has 2 saturated heterocycles. The molecule has 2 heterocycles. The van der Waals surface area contributed by atoms with Gasteiger partial charge in [-0.15, -0.1) is 6.58 Å². The first-order valence-electron chi connectivity index (χ1n) is 10.7. The molecule has 4 rings (SSSR count). The quantitative estimate of drug-likeness (QED) is 0.610. The topological polar surface area (TPSA) is 49.0 Å². The largest absolute Gasteiger partial charge is 0.368 e. The zero-order valence-electron chi connectivity index (χ0n) is 18.2. The van der Waals surface area contributed by atoms with Crippen LogP contribution >= 0.6 is 0 Å². The Labute approximate surface area is 184 Å². The van der Waals surface area contributed by atoms with Gasteiger partial charge in [-0.25, -0.2) is 0 Å². The van der Waals surface area contributed by atoms with E-state index in [2.05, 4.69) is 30.6 Å². The monoisotopic (exact) mass is 421 g/mol. The van der Waals surface area contributed by atoms with E-state index in [1.807, 2.05) is 68.5 Å². The highest BCUT2D eigenvalue weighted by Gasteiger charge is 2.65. The lowest BCUT2D eigenvalue weighted by atomic mass is 9.99. The summed E-state index contributed by atoms with van der Waals surface area (Å²) >= 11 is 0. The van der Waals surface area contributed by atoms with E-state index in [0.29, 0.717) is 13.2 Å². The van der Waals surface area contributed by atoms with Gasteiger partial charge in [0.2, 0.25) is 5.79 Å². The molecule has 0 saturated carbocycles. The van der Waals surface area contributed by atoms with Gasteiger partial charge in [-0.2, -0.15) is 0 Å². The predicted octanol–water partition coefficient (Wildman–Crippen LogP) is 4.35. The number of nitrogens with one attached hydrogen (secondary N) is 1. The van der Waals surface area contributed by atoms with E-state index in [-0.39, 0.29) is 18.2 Å². The van der Waals surface area contributed by atoms with Crippen molar-refractivity contribution in [3.05, 3.63) is 97.1 Å². The van der Waals surface area contributed by atoms with Crippen molar-refractivity contribution in [2.75, 3.05) is 0 Å². The Morgan fingerprint density at radius 1 is 1.00 bits per heavy atom. The van der Waals surface area contributed by atoms with Crippen LogP contribution in [0.2, 0.25) is 0 Å². The first-order valence-corrected chi connectivity index (χ1v) is 10.7. The van der Waals surface area contributed by atoms with Crippen molar-refractivity contribution >= 4 is 0 Å². The van der Waals surface area contributed by atoms with Gasteiger partial charge in [-0.1, -0.05) is 73.3 Å². The van der Waals surface area contributed by atoms with Crippen molar-refractivity contribution in [1.82, 2.24) is 5.32 Å². The molecule has 5 heteroatoms. The molecule has 0 aliphatic carbocycles. The second-order valence-corrected chi connectivity index (χ2v) is 8.44. The van der Waals surface area contributed by atoms with Crippen LogP contribution in [0.1, 0.15) is 25.0 Å². The van der Waals surface area contributed by atoms with Crippen LogP contribution in [0.5, 0.6) is 0 Å². The maximum Gasteiger partial charge on any atom is 0.220 e. The number of fused-ring (bicyclic) bond motifs is 1. The van der Waals surface area contributed by atoms with Gasteiger partial charge in [0.25, 0.3) is 0 Å². The molecule has 164 valence electrons. The molecule has 0 aromatic heterocycles. The lowest BCUT2D eigenvalue weighted by Gasteiger charge is -2.31. The van der Waals surface area contributed by atoms with Crippen molar-refractivity contribution in [3.63, 3.8) is 0 Å². The zero-order chi connectivity index (χ0) is 21.9. The Morgan fingerprint density at radius 3 is 2.26 bits per heavy atom. The minimum atomic E-state index is -1.06. The average Bonchev–Trinajstić information content (AvgIpc) is 3.21. The minimum Gasteiger partial charge on any atom is -0.368 e. The predicted molar refractivity (Wildman–Crippen MR) is 120 cm³/mol. The van der Waals surface area contributed by atoms with Crippen LogP contribution < -0.4 is 5.32 Å². The Balaban J connectivity index is 1.56. The lowest BCUT2D eigenvalue weighted by Crippen LogP contribution is -2.47. The molecule has 0 radical (unpaired) electrons. The SMILES string of the molecule is C=C[C@@H](NCc1ccccc1)[C@@H]1O[C@@]2(C=C)OC(C)(C)O[C@H]2[C@@H]1OCc1ccccc1. The highest BCUT2D eigenvalue weighted by molar-refractivity contribution is 5.18. The lowest BCUT2D eigenvalue weighted by molar-refractivity contribution is -0.247. The van der Waals surface area contributed by atoms with E-state index >= 15 is 0 Å². The van der Waals surface area contributed by atoms with Crippen LogP contribution in [0.3, 0.4) is 0 Å². The van der Waals surface area contributed by atoms with Crippen LogP contribution in [-0.2, 0) is 32.1 Å². The van der Waals surface area contributed by atoms with Crippen LogP contribution in [0.25, 0.3) is 0 Å². The molecular formula is C26H31NO4. The summed E-state index contributed by atoms with van der Waals surface area (Å²) in [5.41, 5.74) is 2.27. The Kier molecular flexibility index (Phi) is 6.42. The van der Waals surface area contributed by atoms with Crippen molar-refractivity contribution in [3.8, 4) is 0 Å². The van der Waals surface area contributed by atoms with Gasteiger partial charge < -0.3 is 24.3 Å². The first-order chi connectivity index (χ1) is 15.0. The molecule has 0 spiro atoms. The van der Waals surface area contributed by atoms with Gasteiger partial charge in [0.05, 0.1) is 12.6 Å². The van der Waals surface area contributed by atoms with Crippen molar-refractivity contribution < 1.29 is 18.9 Å². The highest BCUT2D eigenvalue weighted by atomic mass is 16.9. The second kappa shape index (κ2) is 9.07. The van der Waals surface area contributed by atoms with E-state index in [1.54, 1.807) is 6.08 Å². The summed E-state index contributed by atoms with van der Waals surface area (Å²) in [5, 5.41) is 3.54. The fourth-order valence-electron chi connectivity index (χ4n) is 4.29. The Bertz CT molecular complexity index is 885. The molecule has 1 N–H and O–H groups in total. The molecule has 2 aliphatic rings. The van der Waals surface area contributed by atoms with E-state index < -0.39 is 17.7 Å². The highest BCUT2D eigenvalue weighted by Crippen LogP contribution is 2.48. The smallest absolute Gasteiger partial charge is 0.220 e. The van der Waals surface area contributed by atoms with Gasteiger partial charge in [0.15, 0.2) is 5.79 Å². The first kappa shape index (κ1) is 21.9. The van der Waals surface area contributed by atoms with Gasteiger partial charge in [-0.05, 0) is 31.1 Å². The van der Waals surface area contributed by atoms with Crippen LogP contribution in [0.15, 0.2) is 86.0 Å². The van der Waals surface area contributed by atoms with E-state index in [0.717, 1.165) is 5.56 Å². The van der Waals surface area contributed by atoms with Gasteiger partial charge in [-0.3, -0.25) is 0 Å². The standard InChI is InChI=1S/C26H31NO4/c1-5-21(27-17-19-13-9-7-10-14-19)22-23(28-18-20-15-11-8-12-16-20)24-26(6-2,29-22)31-25(3,4)30-24/h5-16,21-24,27H,1-2,17-18H2,3-4H3/t21-,22+,23-,24+,26+/m1/s1. The normalized spacial score (nSPS) is 29.9. The maximum absolute atomic E-state index is 6.48. The molecule has 5 atom stereocenters. The maximum atomic E-state index is 6.48. The summed E-state index contributed by atoms with van der Waals surface area (Å²) in [7, 11) is 0. The molecule has 0 bridgehead atoms. The Hall–Kier alpha value is -2.28. The number of rotatable bonds is 9. The third-order valence-corrected chi connectivity index (χ3v) is 5.72. The van der Waals surface area contributed by atoms with Crippen LogP contribution in [0, 0.1) is 0 Å². The molecule has 2 aliphatic heterocycles. The fourth-order valence-corrected chi connectivity index (χ4v) is 4.29. The molecule has 31 heavy (non-hydrogen) atoms. The third-order valence-electron chi connectivity index (χ3n) is 5.72. The number of benzene rings is 2. The summed E-state index contributed by atoms with van der Waals surface area (Å²) in [6.45, 7) is 12.9. The molecule has 0 unspecified atom stereocenters. The number of hydrogen-bond acceptors (Lipinski definition) is 5. The Morgan fingerprint density at radius 2 is 1.65 bits per heavy atom. The van der Waals surface area contributed by atoms with E-state index in [9.17, 15) is 0 Å². The molecule has 5 nitrogen and oxygen atoms in total. The van der Waals surface area contributed by atoms with Crippen LogP contribution in [-0.4, -0.2) is 35.9 Å². The summed E-state index contributed by atoms with van der Waals surface area (Å²) in [5.74, 6) is -1.86. The average molecular weight is 422 g/mol. The molecule has 2 fully saturated rings. The van der Waals surface area contributed by atoms with Gasteiger partial charge in [0, 0.05) is 6.54 Å². The number of ether oxygens (including phenoxy) is 4. The summed E-state index contributed by atoms with van der Waals surface area (Å²) in [6, 6.07) is 20.1. The molecule has 2 aromatic rings. The fraction of sp³-hybridized carbons (Fsp3) is 0.385. The molecule has 0 amide bonds. The zero-order valence-corrected chi connectivity index (χ0v) is 18.2. The number of hydrogen-bond donors (Lipinski definition) is 1. The third kappa shape index (κ3) is 4.66. The van der Waals surface area contributed by atoms with E-state index in [1.165, 1.54) is 5.56 Å². The van der Waals surface area contributed by atoms with Gasteiger partial charge >= 0.3 is 0 Å². The van der Waals surface area contributed by atoms with Crippen molar-refractivity contribution in [2.45, 2.75) is 62.9 Å². The second-order valence-electron chi connectivity index (χ2n) is 8.44. The van der Waals surface area contributed by atoms with E-state index in [4.69, 9.17) is 18.9 Å².